The molecule has 8 aromatic rings. The molecule has 4 N–H and O–H groups in total. The number of aryl methyl sites for hydroxylation is 2. The largest absolute Gasteiger partial charge is 2.00 e. The van der Waals surface area contributed by atoms with Gasteiger partial charge in [0.25, 0.3) is 26.1 Å². The van der Waals surface area contributed by atoms with Crippen molar-refractivity contribution in [3.05, 3.63) is 166 Å². The smallest absolute Gasteiger partial charge is 0.871 e. The van der Waals surface area contributed by atoms with Crippen LogP contribution in [0.25, 0.3) is 21.5 Å². The average molecular weight is 1190 g/mol. The van der Waals surface area contributed by atoms with Gasteiger partial charge in [0.2, 0.25) is 0 Å². The Morgan fingerprint density at radius 1 is 0.616 bits per heavy atom. The standard InChI is InChI=1S/2C25H20ClN3O6S.Ba/c2*1-14-10-11-20(24(21(14)26)36(32,33)34)28-29-22-18-9-4-3-6-15(18)12-19(23(22)30)25(31)27-16-7-5-8-17(13-16)35-2;/h2*3-13,30H,1-2H3,(H,27,31)(H,32,33,34);/q;;+2/p-2. The summed E-state index contributed by atoms with van der Waals surface area (Å²) >= 11 is 12.2. The predicted molar refractivity (Wildman–Crippen MR) is 275 cm³/mol. The fraction of sp³-hybridized carbons (Fsp3) is 0.0800. The van der Waals surface area contributed by atoms with Crippen LogP contribution in [-0.4, -0.2) is 106 Å². The number of amides is 1. The number of aromatic hydroxyl groups is 1. The van der Waals surface area contributed by atoms with E-state index in [1.54, 1.807) is 111 Å². The molecule has 0 saturated carbocycles. The van der Waals surface area contributed by atoms with E-state index in [0.29, 0.717) is 55.5 Å². The molecule has 0 aliphatic heterocycles. The number of phenolic OH excluding ortho intramolecular Hbond substituents is 1. The minimum absolute atomic E-state index is 0. The van der Waals surface area contributed by atoms with E-state index in [2.05, 4.69) is 30.8 Å². The molecule has 0 bridgehead atoms. The van der Waals surface area contributed by atoms with Crippen LogP contribution >= 0.6 is 23.2 Å². The number of rotatable bonds is 12. The SMILES string of the molecule is COc1cccc(N=C([O-])c2cc3ccccc3c(N=Nc3ccc(C)c(Cl)c3S(=O)(=O)O)c2[O-])c1.COc1cccc(NC(=O)c2cc3ccccc3c(N=Nc3ccc(C)c(Cl)c3S(=O)(=O)O)c2O)c1.[Ba+2]. The number of methoxy groups -OCH3 is 2. The van der Waals surface area contributed by atoms with Crippen molar-refractivity contribution in [2.45, 2.75) is 23.6 Å². The van der Waals surface area contributed by atoms with Crippen LogP contribution in [0.4, 0.5) is 34.1 Å². The van der Waals surface area contributed by atoms with Crippen molar-refractivity contribution in [3.63, 3.8) is 0 Å². The molecule has 23 heteroatoms. The zero-order valence-electron chi connectivity index (χ0n) is 38.7. The third-order valence-electron chi connectivity index (χ3n) is 10.6. The summed E-state index contributed by atoms with van der Waals surface area (Å²) in [6.07, 6.45) is 0. The summed E-state index contributed by atoms with van der Waals surface area (Å²) in [5, 5.41) is 57.4. The van der Waals surface area contributed by atoms with Gasteiger partial charge in [0, 0.05) is 28.6 Å². The van der Waals surface area contributed by atoms with Crippen LogP contribution in [0, 0.1) is 13.8 Å². The first-order valence-electron chi connectivity index (χ1n) is 20.9. The Bertz CT molecular complexity index is 3790. The third kappa shape index (κ3) is 12.9. The number of hydrogen-bond acceptors (Lipinski definition) is 15. The van der Waals surface area contributed by atoms with Gasteiger partial charge in [0.05, 0.1) is 41.2 Å². The summed E-state index contributed by atoms with van der Waals surface area (Å²) in [6.45, 7) is 3.13. The predicted octanol–water partition coefficient (Wildman–Crippen LogP) is 11.0. The molecule has 0 radical (unpaired) electrons. The Morgan fingerprint density at radius 2 is 1.10 bits per heavy atom. The molecule has 0 aromatic heterocycles. The van der Waals surface area contributed by atoms with Gasteiger partial charge in [-0.3, -0.25) is 18.9 Å². The molecule has 368 valence electrons. The maximum atomic E-state index is 13.3. The van der Waals surface area contributed by atoms with Crippen LogP contribution in [0.1, 0.15) is 27.0 Å². The molecule has 18 nitrogen and oxygen atoms in total. The number of anilines is 1. The van der Waals surface area contributed by atoms with Gasteiger partial charge >= 0.3 is 48.9 Å². The fourth-order valence-corrected chi connectivity index (χ4v) is 9.49. The summed E-state index contributed by atoms with van der Waals surface area (Å²) < 4.78 is 77.3. The van der Waals surface area contributed by atoms with Gasteiger partial charge in [-0.15, -0.1) is 15.3 Å². The minimum atomic E-state index is -4.75. The summed E-state index contributed by atoms with van der Waals surface area (Å²) in [7, 11) is -6.50. The molecule has 0 saturated heterocycles. The molecule has 0 aliphatic rings. The van der Waals surface area contributed by atoms with E-state index < -0.39 is 53.3 Å². The third-order valence-corrected chi connectivity index (χ3v) is 13.7. The van der Waals surface area contributed by atoms with Gasteiger partial charge in [-0.1, -0.05) is 102 Å². The number of fused-ring (bicyclic) bond motifs is 2. The number of nitrogens with one attached hydrogen (secondary N) is 1. The van der Waals surface area contributed by atoms with E-state index in [4.69, 9.17) is 32.7 Å². The van der Waals surface area contributed by atoms with Crippen molar-refractivity contribution in [2.75, 3.05) is 19.5 Å². The minimum Gasteiger partial charge on any atom is -0.871 e. The van der Waals surface area contributed by atoms with Crippen LogP contribution < -0.4 is 25.0 Å². The molecule has 0 unspecified atom stereocenters. The van der Waals surface area contributed by atoms with Crippen LogP contribution in [0.2, 0.25) is 10.0 Å². The van der Waals surface area contributed by atoms with E-state index in [1.165, 1.54) is 50.6 Å². The number of aliphatic imine (C=N–C) groups is 1. The van der Waals surface area contributed by atoms with Crippen molar-refractivity contribution in [3.8, 4) is 23.0 Å². The zero-order chi connectivity index (χ0) is 52.1. The second kappa shape index (κ2) is 23.6. The molecular weight excluding hydrogens is 1150 g/mol. The molecule has 0 heterocycles. The molecule has 0 atom stereocenters. The number of carbonyl (C=O) groups is 1. The number of halogens is 2. The first-order valence-corrected chi connectivity index (χ1v) is 24.5. The van der Waals surface area contributed by atoms with Crippen LogP contribution in [0.15, 0.2) is 169 Å². The Morgan fingerprint density at radius 3 is 1.63 bits per heavy atom. The topological polar surface area (TPSA) is 284 Å². The molecule has 1 amide bonds. The molecule has 0 aliphatic carbocycles. The van der Waals surface area contributed by atoms with Crippen molar-refractivity contribution in [1.82, 2.24) is 0 Å². The van der Waals surface area contributed by atoms with E-state index in [1.807, 2.05) is 0 Å². The second-order valence-electron chi connectivity index (χ2n) is 15.4. The van der Waals surface area contributed by atoms with Gasteiger partial charge in [0.1, 0.15) is 38.4 Å². The summed E-state index contributed by atoms with van der Waals surface area (Å²) in [5.41, 5.74) is 0.446. The number of nitrogens with zero attached hydrogens (tertiary/aromatic N) is 5. The maximum Gasteiger partial charge on any atom is 2.00 e. The van der Waals surface area contributed by atoms with Crippen molar-refractivity contribution < 1.29 is 55.5 Å². The number of carbonyl (C=O) groups excluding carboxylic acids is 1. The Labute approximate surface area is 468 Å². The normalized spacial score (nSPS) is 11.9. The summed E-state index contributed by atoms with van der Waals surface area (Å²) in [4.78, 5) is 15.8. The van der Waals surface area contributed by atoms with E-state index in [9.17, 15) is 46.1 Å². The molecule has 8 aromatic carbocycles. The Hall–Kier alpha value is -6.41. The van der Waals surface area contributed by atoms with Crippen LogP contribution in [-0.2, 0) is 20.2 Å². The van der Waals surface area contributed by atoms with Crippen molar-refractivity contribution >= 4 is 160 Å². The van der Waals surface area contributed by atoms with E-state index >= 15 is 0 Å². The molecular formula is C50H38BaCl2N6O12S2. The molecule has 0 fully saturated rings. The quantitative estimate of drug-likeness (QED) is 0.0292. The van der Waals surface area contributed by atoms with Crippen molar-refractivity contribution in [2.24, 2.45) is 25.4 Å². The average Bonchev–Trinajstić information content (AvgIpc) is 3.34. The van der Waals surface area contributed by atoms with Gasteiger partial charge in [-0.25, -0.2) is 0 Å². The maximum absolute atomic E-state index is 13.3. The van der Waals surface area contributed by atoms with Gasteiger partial charge in [0.15, 0.2) is 5.75 Å². The van der Waals surface area contributed by atoms with Crippen LogP contribution in [0.5, 0.6) is 23.0 Å². The van der Waals surface area contributed by atoms with Gasteiger partial charge in [-0.05, 0) is 95.7 Å². The Balaban J connectivity index is 0.000000235. The fourth-order valence-electron chi connectivity index (χ4n) is 7.06. The van der Waals surface area contributed by atoms with E-state index in [-0.39, 0.29) is 92.8 Å². The zero-order valence-corrected chi connectivity index (χ0v) is 46.3. The number of ether oxygens (including phenoxy) is 2. The second-order valence-corrected chi connectivity index (χ2v) is 18.9. The number of hydrogen-bond donors (Lipinski definition) is 4. The monoisotopic (exact) mass is 1190 g/mol. The summed E-state index contributed by atoms with van der Waals surface area (Å²) in [5.74, 6) is -1.60. The number of benzene rings is 8. The molecule has 73 heavy (non-hydrogen) atoms. The molecule has 0 spiro atoms. The van der Waals surface area contributed by atoms with Gasteiger partial charge in [-0.2, -0.15) is 21.9 Å². The number of phenols is 1. The van der Waals surface area contributed by atoms with Crippen molar-refractivity contribution in [1.29, 1.82) is 0 Å². The van der Waals surface area contributed by atoms with Gasteiger partial charge < -0.3 is 30.1 Å². The first kappa shape index (κ1) is 55.9. The van der Waals surface area contributed by atoms with Crippen LogP contribution in [0.3, 0.4) is 0 Å². The first-order chi connectivity index (χ1) is 34.2. The van der Waals surface area contributed by atoms with E-state index in [0.717, 1.165) is 0 Å². The number of azo groups is 2. The summed E-state index contributed by atoms with van der Waals surface area (Å²) in [6, 6.07) is 35.3. The Kier molecular flexibility index (Phi) is 18.1. The molecule has 8 rings (SSSR count).